The Morgan fingerprint density at radius 2 is 1.76 bits per heavy atom. The first kappa shape index (κ1) is 15.8. The van der Waals surface area contributed by atoms with Gasteiger partial charge in [-0.2, -0.15) is 13.2 Å². The van der Waals surface area contributed by atoms with E-state index in [0.29, 0.717) is 0 Å². The molecule has 98 valence electrons. The molecule has 0 saturated carbocycles. The largest absolute Gasteiger partial charge is 0.484 e. The Morgan fingerprint density at radius 1 is 1.18 bits per heavy atom. The van der Waals surface area contributed by atoms with Gasteiger partial charge in [0, 0.05) is 0 Å². The van der Waals surface area contributed by atoms with Crippen molar-refractivity contribution in [1.82, 2.24) is 0 Å². The van der Waals surface area contributed by atoms with E-state index in [-0.39, 0.29) is 11.7 Å². The van der Waals surface area contributed by atoms with Gasteiger partial charge in [0.1, 0.15) is 5.75 Å². The van der Waals surface area contributed by atoms with Gasteiger partial charge in [-0.05, 0) is 23.6 Å². The normalized spacial score (nSPS) is 10.8. The molecule has 0 aliphatic heterocycles. The minimum atomic E-state index is -4.28. The molecular formula is C13H19F3O. The molecule has 0 aromatic heterocycles. The van der Waals surface area contributed by atoms with Crippen LogP contribution in [0.25, 0.3) is 0 Å². The van der Waals surface area contributed by atoms with Gasteiger partial charge >= 0.3 is 6.18 Å². The van der Waals surface area contributed by atoms with Crippen molar-refractivity contribution in [3.05, 3.63) is 29.8 Å². The molecule has 0 saturated heterocycles. The summed E-state index contributed by atoms with van der Waals surface area (Å²) >= 11 is 0. The average Bonchev–Trinajstić information content (AvgIpc) is 2.28. The van der Waals surface area contributed by atoms with Gasteiger partial charge in [-0.15, -0.1) is 0 Å². The van der Waals surface area contributed by atoms with E-state index in [1.54, 1.807) is 12.1 Å². The van der Waals surface area contributed by atoms with Crippen LogP contribution in [0.5, 0.6) is 5.75 Å². The van der Waals surface area contributed by atoms with Crippen molar-refractivity contribution in [3.8, 4) is 5.75 Å². The van der Waals surface area contributed by atoms with Gasteiger partial charge in [-0.1, -0.05) is 39.8 Å². The number of halogens is 3. The maximum Gasteiger partial charge on any atom is 0.422 e. The highest BCUT2D eigenvalue weighted by molar-refractivity contribution is 5.30. The summed E-state index contributed by atoms with van der Waals surface area (Å²) in [6.45, 7) is 6.71. The zero-order valence-corrected chi connectivity index (χ0v) is 10.6. The van der Waals surface area contributed by atoms with E-state index in [1.165, 1.54) is 6.07 Å². The van der Waals surface area contributed by atoms with Gasteiger partial charge in [-0.3, -0.25) is 0 Å². The van der Waals surface area contributed by atoms with Gasteiger partial charge in [0.2, 0.25) is 0 Å². The zero-order chi connectivity index (χ0) is 13.5. The lowest BCUT2D eigenvalue weighted by atomic mass is 10.0. The third-order valence-corrected chi connectivity index (χ3v) is 1.93. The number of rotatable bonds is 3. The molecule has 4 heteroatoms. The lowest BCUT2D eigenvalue weighted by molar-refractivity contribution is -0.153. The molecule has 0 aliphatic carbocycles. The minimum Gasteiger partial charge on any atom is -0.484 e. The van der Waals surface area contributed by atoms with Crippen LogP contribution in [-0.4, -0.2) is 12.8 Å². The van der Waals surface area contributed by atoms with E-state index in [0.717, 1.165) is 5.56 Å². The molecule has 17 heavy (non-hydrogen) atoms. The summed E-state index contributed by atoms with van der Waals surface area (Å²) in [5.41, 5.74) is 0.967. The van der Waals surface area contributed by atoms with Crippen LogP contribution >= 0.6 is 0 Å². The molecule has 1 rings (SSSR count). The van der Waals surface area contributed by atoms with E-state index in [2.05, 4.69) is 4.74 Å². The summed E-state index contributed by atoms with van der Waals surface area (Å²) in [7, 11) is 0. The fraction of sp³-hybridized carbons (Fsp3) is 0.538. The van der Waals surface area contributed by atoms with Crippen molar-refractivity contribution in [3.63, 3.8) is 0 Å². The fourth-order valence-corrected chi connectivity index (χ4v) is 1.13. The number of benzene rings is 1. The van der Waals surface area contributed by atoms with Crippen LogP contribution in [0.4, 0.5) is 13.2 Å². The van der Waals surface area contributed by atoms with Gasteiger partial charge in [0.25, 0.3) is 0 Å². The third-order valence-electron chi connectivity index (χ3n) is 1.93. The first-order valence-electron chi connectivity index (χ1n) is 5.68. The highest BCUT2D eigenvalue weighted by Gasteiger charge is 2.28. The Morgan fingerprint density at radius 3 is 2.24 bits per heavy atom. The van der Waals surface area contributed by atoms with Crippen molar-refractivity contribution >= 4 is 0 Å². The lowest BCUT2D eigenvalue weighted by Gasteiger charge is -2.11. The summed E-state index contributed by atoms with van der Waals surface area (Å²) in [5, 5.41) is 0. The van der Waals surface area contributed by atoms with Crippen molar-refractivity contribution < 1.29 is 17.9 Å². The topological polar surface area (TPSA) is 9.23 Å². The van der Waals surface area contributed by atoms with Crippen molar-refractivity contribution in [2.24, 2.45) is 0 Å². The lowest BCUT2D eigenvalue weighted by Crippen LogP contribution is -2.19. The Labute approximate surface area is 101 Å². The van der Waals surface area contributed by atoms with Crippen LogP contribution in [0, 0.1) is 0 Å². The van der Waals surface area contributed by atoms with Gasteiger partial charge < -0.3 is 4.74 Å². The number of hydrogen-bond acceptors (Lipinski definition) is 1. The summed E-state index contributed by atoms with van der Waals surface area (Å²) < 4.78 is 40.3. The zero-order valence-electron chi connectivity index (χ0n) is 10.6. The molecule has 1 aromatic rings. The second-order valence-corrected chi connectivity index (χ2v) is 3.63. The van der Waals surface area contributed by atoms with Crippen molar-refractivity contribution in [1.29, 1.82) is 0 Å². The third kappa shape index (κ3) is 6.87. The fourth-order valence-electron chi connectivity index (χ4n) is 1.13. The highest BCUT2D eigenvalue weighted by atomic mass is 19.4. The maximum absolute atomic E-state index is 11.9. The second kappa shape index (κ2) is 7.20. The molecule has 0 atom stereocenters. The van der Waals surface area contributed by atoms with E-state index in [9.17, 15) is 13.2 Å². The van der Waals surface area contributed by atoms with Crippen LogP contribution in [0.2, 0.25) is 0 Å². The molecule has 0 heterocycles. The molecule has 0 radical (unpaired) electrons. The second-order valence-electron chi connectivity index (χ2n) is 3.63. The number of alkyl halides is 3. The monoisotopic (exact) mass is 248 g/mol. The minimum absolute atomic E-state index is 0.263. The number of hydrogen-bond donors (Lipinski definition) is 0. The van der Waals surface area contributed by atoms with Crippen molar-refractivity contribution in [2.45, 2.75) is 39.8 Å². The average molecular weight is 248 g/mol. The van der Waals surface area contributed by atoms with Crippen LogP contribution in [0.3, 0.4) is 0 Å². The van der Waals surface area contributed by atoms with Gasteiger partial charge in [-0.25, -0.2) is 0 Å². The van der Waals surface area contributed by atoms with Crippen LogP contribution in [0.15, 0.2) is 24.3 Å². The quantitative estimate of drug-likeness (QED) is 0.748. The van der Waals surface area contributed by atoms with E-state index >= 15 is 0 Å². The summed E-state index contributed by atoms with van der Waals surface area (Å²) in [6, 6.07) is 6.72. The summed E-state index contributed by atoms with van der Waals surface area (Å²) in [6.07, 6.45) is -4.28. The molecule has 0 fully saturated rings. The first-order chi connectivity index (χ1) is 7.88. The number of ether oxygens (including phenoxy) is 1. The van der Waals surface area contributed by atoms with E-state index in [4.69, 9.17) is 0 Å². The predicted molar refractivity (Wildman–Crippen MR) is 63.4 cm³/mol. The molecule has 0 bridgehead atoms. The Kier molecular flexibility index (Phi) is 6.69. The van der Waals surface area contributed by atoms with Crippen LogP contribution < -0.4 is 4.74 Å². The molecule has 1 aromatic carbocycles. The molecule has 0 unspecified atom stereocenters. The van der Waals surface area contributed by atoms with Crippen molar-refractivity contribution in [2.75, 3.05) is 6.61 Å². The molecule has 0 spiro atoms. The highest BCUT2D eigenvalue weighted by Crippen LogP contribution is 2.22. The van der Waals surface area contributed by atoms with Crippen LogP contribution in [0.1, 0.15) is 39.2 Å². The summed E-state index contributed by atoms with van der Waals surface area (Å²) in [4.78, 5) is 0. The summed E-state index contributed by atoms with van der Waals surface area (Å²) in [5.74, 6) is 0.540. The van der Waals surface area contributed by atoms with Crippen LogP contribution in [-0.2, 0) is 0 Å². The Hall–Kier alpha value is -1.19. The molecular weight excluding hydrogens is 229 g/mol. The molecule has 1 nitrogen and oxygen atoms in total. The predicted octanol–water partition coefficient (Wildman–Crippen LogP) is 4.78. The maximum atomic E-state index is 11.9. The van der Waals surface area contributed by atoms with E-state index in [1.807, 2.05) is 33.8 Å². The Balaban J connectivity index is 0.00000121. The first-order valence-corrected chi connectivity index (χ1v) is 5.68. The smallest absolute Gasteiger partial charge is 0.422 e. The molecule has 0 N–H and O–H groups in total. The van der Waals surface area contributed by atoms with E-state index < -0.39 is 12.8 Å². The standard InChI is InChI=1S/C11H13F3O.C2H6/c1-8(2)9-4-3-5-10(6-9)15-7-11(12,13)14;1-2/h3-6,8H,7H2,1-2H3;1-2H3. The Bertz CT molecular complexity index is 319. The molecule has 0 amide bonds. The molecule has 0 aliphatic rings. The van der Waals surface area contributed by atoms with Gasteiger partial charge in [0.15, 0.2) is 6.61 Å². The SMILES string of the molecule is CC.CC(C)c1cccc(OCC(F)(F)F)c1. The van der Waals surface area contributed by atoms with Gasteiger partial charge in [0.05, 0.1) is 0 Å².